The van der Waals surface area contributed by atoms with Crippen molar-refractivity contribution in [3.63, 3.8) is 0 Å². The van der Waals surface area contributed by atoms with Gasteiger partial charge in [0, 0.05) is 38.4 Å². The summed E-state index contributed by atoms with van der Waals surface area (Å²) in [6.45, 7) is 5.42. The Bertz CT molecular complexity index is 545. The molecule has 1 amide bonds. The van der Waals surface area contributed by atoms with Crippen LogP contribution >= 0.6 is 24.8 Å². The van der Waals surface area contributed by atoms with Crippen molar-refractivity contribution in [2.45, 2.75) is 50.2 Å². The van der Waals surface area contributed by atoms with Gasteiger partial charge >= 0.3 is 0 Å². The highest BCUT2D eigenvalue weighted by Gasteiger charge is 2.37. The molecule has 2 heterocycles. The van der Waals surface area contributed by atoms with E-state index in [2.05, 4.69) is 47.5 Å². The molecular weight excluding hydrogens is 373 g/mol. The summed E-state index contributed by atoms with van der Waals surface area (Å²) in [7, 11) is 0. The van der Waals surface area contributed by atoms with Gasteiger partial charge in [0.05, 0.1) is 5.54 Å². The van der Waals surface area contributed by atoms with E-state index in [1.165, 1.54) is 5.56 Å². The van der Waals surface area contributed by atoms with Gasteiger partial charge in [-0.3, -0.25) is 9.69 Å². The highest BCUT2D eigenvalue weighted by atomic mass is 35.5. The first kappa shape index (κ1) is 23.2. The number of ether oxygens (including phenoxy) is 1. The van der Waals surface area contributed by atoms with E-state index in [9.17, 15) is 4.79 Å². The van der Waals surface area contributed by atoms with Gasteiger partial charge < -0.3 is 15.8 Å². The summed E-state index contributed by atoms with van der Waals surface area (Å²) in [6, 6.07) is 11.3. The highest BCUT2D eigenvalue weighted by Crippen LogP contribution is 2.25. The topological polar surface area (TPSA) is 67.6 Å². The second kappa shape index (κ2) is 10.5. The molecule has 1 aromatic carbocycles. The fourth-order valence-corrected chi connectivity index (χ4v) is 3.67. The number of nitrogens with two attached hydrogens (primary N) is 1. The van der Waals surface area contributed by atoms with Crippen LogP contribution in [0.15, 0.2) is 30.3 Å². The number of nitrogens with zero attached hydrogens (tertiary/aromatic N) is 1. The molecular formula is C19H31Cl2N3O2. The Kier molecular flexibility index (Phi) is 9.34. The van der Waals surface area contributed by atoms with Crippen molar-refractivity contribution in [3.8, 4) is 0 Å². The zero-order valence-corrected chi connectivity index (χ0v) is 17.0. The summed E-state index contributed by atoms with van der Waals surface area (Å²) in [5.41, 5.74) is 6.88. The van der Waals surface area contributed by atoms with Gasteiger partial charge in [0.1, 0.15) is 0 Å². The largest absolute Gasteiger partial charge is 0.381 e. The molecule has 26 heavy (non-hydrogen) atoms. The molecule has 2 fully saturated rings. The Morgan fingerprint density at radius 2 is 1.77 bits per heavy atom. The molecule has 5 nitrogen and oxygen atoms in total. The number of benzene rings is 1. The number of nitrogens with one attached hydrogen (secondary N) is 1. The lowest BCUT2D eigenvalue weighted by Crippen LogP contribution is -2.59. The van der Waals surface area contributed by atoms with Crippen LogP contribution in [0.2, 0.25) is 0 Å². The number of hydrogen-bond acceptors (Lipinski definition) is 4. The number of halogens is 2. The quantitative estimate of drug-likeness (QED) is 0.810. The number of carbonyl (C=O) groups is 1. The van der Waals surface area contributed by atoms with E-state index in [4.69, 9.17) is 10.5 Å². The average Bonchev–Trinajstić information content (AvgIpc) is 2.63. The predicted octanol–water partition coefficient (Wildman–Crippen LogP) is 2.68. The molecule has 0 aliphatic carbocycles. The van der Waals surface area contributed by atoms with Gasteiger partial charge in [0.15, 0.2) is 0 Å². The molecule has 2 saturated heterocycles. The van der Waals surface area contributed by atoms with Gasteiger partial charge in [-0.1, -0.05) is 30.3 Å². The maximum atomic E-state index is 12.5. The van der Waals surface area contributed by atoms with Crippen LogP contribution in [0.5, 0.6) is 0 Å². The van der Waals surface area contributed by atoms with Crippen molar-refractivity contribution >= 4 is 30.7 Å². The molecule has 2 aliphatic rings. The summed E-state index contributed by atoms with van der Waals surface area (Å²) in [5.74, 6) is 0.000331. The third kappa shape index (κ3) is 5.57. The number of rotatable bonds is 4. The maximum Gasteiger partial charge on any atom is 0.240 e. The summed E-state index contributed by atoms with van der Waals surface area (Å²) < 4.78 is 5.32. The lowest BCUT2D eigenvalue weighted by atomic mass is 9.89. The zero-order valence-electron chi connectivity index (χ0n) is 15.4. The van der Waals surface area contributed by atoms with Crippen molar-refractivity contribution in [1.29, 1.82) is 0 Å². The maximum absolute atomic E-state index is 12.5. The molecule has 0 saturated carbocycles. The van der Waals surface area contributed by atoms with Gasteiger partial charge in [0.2, 0.25) is 5.91 Å². The van der Waals surface area contributed by atoms with E-state index >= 15 is 0 Å². The van der Waals surface area contributed by atoms with Crippen molar-refractivity contribution < 1.29 is 9.53 Å². The number of piperidine rings is 1. The molecule has 3 N–H and O–H groups in total. The highest BCUT2D eigenvalue weighted by molar-refractivity contribution is 5.86. The third-order valence-corrected chi connectivity index (χ3v) is 5.53. The SMILES string of the molecule is CC(c1ccccc1)N1CCC(NC(=O)C2(N)CCOCC2)CC1.Cl.Cl. The van der Waals surface area contributed by atoms with Gasteiger partial charge in [-0.05, 0) is 38.2 Å². The van der Waals surface area contributed by atoms with E-state index in [-0.39, 0.29) is 36.8 Å². The zero-order chi connectivity index (χ0) is 17.0. The molecule has 0 aromatic heterocycles. The van der Waals surface area contributed by atoms with Crippen molar-refractivity contribution in [2.75, 3.05) is 26.3 Å². The lowest BCUT2D eigenvalue weighted by Gasteiger charge is -2.38. The molecule has 3 rings (SSSR count). The Morgan fingerprint density at radius 1 is 1.19 bits per heavy atom. The van der Waals surface area contributed by atoms with Gasteiger partial charge in [-0.2, -0.15) is 0 Å². The molecule has 0 bridgehead atoms. The second-order valence-electron chi connectivity index (χ2n) is 7.14. The number of amides is 1. The summed E-state index contributed by atoms with van der Waals surface area (Å²) in [6.07, 6.45) is 3.19. The third-order valence-electron chi connectivity index (χ3n) is 5.53. The Morgan fingerprint density at radius 3 is 2.35 bits per heavy atom. The molecule has 7 heteroatoms. The van der Waals surface area contributed by atoms with Crippen molar-refractivity contribution in [1.82, 2.24) is 10.2 Å². The molecule has 1 unspecified atom stereocenters. The average molecular weight is 404 g/mol. The van der Waals surface area contributed by atoms with E-state index in [1.807, 2.05) is 0 Å². The smallest absolute Gasteiger partial charge is 0.240 e. The van der Waals surface area contributed by atoms with E-state index in [1.54, 1.807) is 0 Å². The molecule has 0 spiro atoms. The fraction of sp³-hybridized carbons (Fsp3) is 0.632. The molecule has 0 radical (unpaired) electrons. The van der Waals surface area contributed by atoms with Crippen LogP contribution in [-0.2, 0) is 9.53 Å². The van der Waals surface area contributed by atoms with Crippen LogP contribution in [-0.4, -0.2) is 48.7 Å². The van der Waals surface area contributed by atoms with Crippen LogP contribution in [0.3, 0.4) is 0 Å². The number of likely N-dealkylation sites (tertiary alicyclic amines) is 1. The number of carbonyl (C=O) groups excluding carboxylic acids is 1. The van der Waals surface area contributed by atoms with E-state index < -0.39 is 5.54 Å². The Balaban J connectivity index is 0.00000169. The molecule has 2 aliphatic heterocycles. The predicted molar refractivity (Wildman–Crippen MR) is 109 cm³/mol. The van der Waals surface area contributed by atoms with Crippen LogP contribution < -0.4 is 11.1 Å². The first-order chi connectivity index (χ1) is 11.6. The minimum atomic E-state index is -0.743. The Labute approximate surface area is 168 Å². The van der Waals surface area contributed by atoms with Gasteiger partial charge in [-0.15, -0.1) is 24.8 Å². The van der Waals surface area contributed by atoms with E-state index in [0.29, 0.717) is 32.1 Å². The lowest BCUT2D eigenvalue weighted by molar-refractivity contribution is -0.130. The van der Waals surface area contributed by atoms with E-state index in [0.717, 1.165) is 25.9 Å². The molecule has 1 aromatic rings. The van der Waals surface area contributed by atoms with Crippen LogP contribution in [0.25, 0.3) is 0 Å². The molecule has 1 atom stereocenters. The Hall–Kier alpha value is -0.850. The minimum absolute atomic E-state index is 0. The first-order valence-electron chi connectivity index (χ1n) is 9.05. The first-order valence-corrected chi connectivity index (χ1v) is 9.05. The summed E-state index contributed by atoms with van der Waals surface area (Å²) in [5, 5.41) is 3.18. The van der Waals surface area contributed by atoms with Gasteiger partial charge in [-0.25, -0.2) is 0 Å². The summed E-state index contributed by atoms with van der Waals surface area (Å²) in [4.78, 5) is 15.0. The fourth-order valence-electron chi connectivity index (χ4n) is 3.67. The minimum Gasteiger partial charge on any atom is -0.381 e. The van der Waals surface area contributed by atoms with Crippen molar-refractivity contribution in [2.24, 2.45) is 5.73 Å². The molecule has 148 valence electrons. The standard InChI is InChI=1S/C19H29N3O2.2ClH/c1-15(16-5-3-2-4-6-16)22-11-7-17(8-12-22)21-18(23)19(20)9-13-24-14-10-19;;/h2-6,15,17H,7-14,20H2,1H3,(H,21,23);2*1H. The van der Waals surface area contributed by atoms with Gasteiger partial charge in [0.25, 0.3) is 0 Å². The second-order valence-corrected chi connectivity index (χ2v) is 7.14. The summed E-state index contributed by atoms with van der Waals surface area (Å²) >= 11 is 0. The van der Waals surface area contributed by atoms with Crippen LogP contribution in [0.4, 0.5) is 0 Å². The number of hydrogen-bond donors (Lipinski definition) is 2. The van der Waals surface area contributed by atoms with Crippen LogP contribution in [0.1, 0.15) is 44.2 Å². The van der Waals surface area contributed by atoms with Crippen molar-refractivity contribution in [3.05, 3.63) is 35.9 Å². The van der Waals surface area contributed by atoms with Crippen LogP contribution in [0, 0.1) is 0 Å². The monoisotopic (exact) mass is 403 g/mol. The normalized spacial score (nSPS) is 21.8.